The summed E-state index contributed by atoms with van der Waals surface area (Å²) in [4.78, 5) is 26.9. The number of nitrogens with two attached hydrogens (primary N) is 1. The fraction of sp³-hybridized carbons (Fsp3) is 0.520. The Labute approximate surface area is 207 Å². The average molecular weight is 492 g/mol. The second-order valence-electron chi connectivity index (χ2n) is 11.2. The second-order valence-corrected chi connectivity index (χ2v) is 11.2. The van der Waals surface area contributed by atoms with Gasteiger partial charge in [0.2, 0.25) is 5.88 Å². The van der Waals surface area contributed by atoms with Crippen molar-refractivity contribution in [2.75, 3.05) is 31.2 Å². The molecule has 11 heteroatoms. The molecule has 11 nitrogen and oxygen atoms in total. The first-order valence-corrected chi connectivity index (χ1v) is 12.4. The Morgan fingerprint density at radius 3 is 2.58 bits per heavy atom. The molecule has 2 amide bonds. The summed E-state index contributed by atoms with van der Waals surface area (Å²) in [5.74, 6) is -0.324. The van der Waals surface area contributed by atoms with Gasteiger partial charge >= 0.3 is 0 Å². The lowest BCUT2D eigenvalue weighted by Crippen LogP contribution is -2.66. The molecule has 2 aliphatic heterocycles. The van der Waals surface area contributed by atoms with E-state index in [-0.39, 0.29) is 23.5 Å². The number of anilines is 1. The molecule has 36 heavy (non-hydrogen) atoms. The number of hydrogen-bond donors (Lipinski definition) is 2. The summed E-state index contributed by atoms with van der Waals surface area (Å²) in [7, 11) is 1.73. The van der Waals surface area contributed by atoms with Crippen LogP contribution in [0.5, 0.6) is 5.88 Å². The highest BCUT2D eigenvalue weighted by molar-refractivity contribution is 6.01. The number of fused-ring (bicyclic) bond motifs is 1. The van der Waals surface area contributed by atoms with Crippen molar-refractivity contribution in [1.82, 2.24) is 24.7 Å². The molecule has 4 aliphatic rings. The maximum atomic E-state index is 13.0. The zero-order chi connectivity index (χ0) is 24.7. The zero-order valence-corrected chi connectivity index (χ0v) is 20.1. The number of rotatable bonds is 6. The van der Waals surface area contributed by atoms with Crippen molar-refractivity contribution >= 4 is 23.0 Å². The van der Waals surface area contributed by atoms with Gasteiger partial charge < -0.3 is 25.4 Å². The van der Waals surface area contributed by atoms with E-state index in [0.29, 0.717) is 22.4 Å². The molecule has 2 aliphatic carbocycles. The summed E-state index contributed by atoms with van der Waals surface area (Å²) in [6.45, 7) is 3.73. The summed E-state index contributed by atoms with van der Waals surface area (Å²) in [6.07, 6.45) is 8.86. The predicted octanol–water partition coefficient (Wildman–Crippen LogP) is 1.12. The predicted molar refractivity (Wildman–Crippen MR) is 129 cm³/mol. The normalized spacial score (nSPS) is 27.8. The van der Waals surface area contributed by atoms with Crippen LogP contribution < -0.4 is 20.7 Å². The van der Waals surface area contributed by atoms with E-state index >= 15 is 0 Å². The maximum Gasteiger partial charge on any atom is 0.255 e. The highest BCUT2D eigenvalue weighted by Gasteiger charge is 2.54. The smallest absolute Gasteiger partial charge is 0.255 e. The van der Waals surface area contributed by atoms with Gasteiger partial charge in [-0.05, 0) is 43.2 Å². The summed E-state index contributed by atoms with van der Waals surface area (Å²) >= 11 is 0. The molecule has 2 saturated carbocycles. The van der Waals surface area contributed by atoms with Crippen LogP contribution in [-0.2, 0) is 11.8 Å². The fourth-order valence-corrected chi connectivity index (χ4v) is 6.41. The van der Waals surface area contributed by atoms with E-state index in [4.69, 9.17) is 15.2 Å². The van der Waals surface area contributed by atoms with Gasteiger partial charge in [0.1, 0.15) is 11.7 Å². The first kappa shape index (κ1) is 21.7. The molecule has 0 aromatic carbocycles. The quantitative estimate of drug-likeness (QED) is 0.529. The standard InChI is InChI=1S/C25H29N7O4/c1-30-10-19(21(26)33)23(29-30)36-17-6-24(7-17)4-15(5-24)28-22(34)18-8-27-32-9-16(2-3-20(18)32)31-11-25(12-31)13-35-14-25/h2-3,8-10,15,17H,4-7,11-14H2,1H3,(H2,26,33)(H,28,34). The summed E-state index contributed by atoms with van der Waals surface area (Å²) in [6, 6.07) is 4.19. The molecule has 0 atom stereocenters. The van der Waals surface area contributed by atoms with E-state index < -0.39 is 5.91 Å². The van der Waals surface area contributed by atoms with Gasteiger partial charge in [-0.3, -0.25) is 14.3 Å². The van der Waals surface area contributed by atoms with E-state index in [1.807, 2.05) is 12.3 Å². The summed E-state index contributed by atoms with van der Waals surface area (Å²) in [5.41, 5.74) is 8.79. The van der Waals surface area contributed by atoms with E-state index in [0.717, 1.165) is 63.2 Å². The molecule has 188 valence electrons. The van der Waals surface area contributed by atoms with Crippen molar-refractivity contribution < 1.29 is 19.1 Å². The number of aromatic nitrogens is 4. The van der Waals surface area contributed by atoms with Crippen LogP contribution in [0.3, 0.4) is 0 Å². The zero-order valence-electron chi connectivity index (χ0n) is 20.1. The Hall–Kier alpha value is -3.60. The van der Waals surface area contributed by atoms with E-state index in [1.165, 1.54) is 4.68 Å². The van der Waals surface area contributed by atoms with Crippen molar-refractivity contribution in [1.29, 1.82) is 0 Å². The number of ether oxygens (including phenoxy) is 2. The molecule has 2 saturated heterocycles. The SMILES string of the molecule is Cn1cc(C(N)=O)c(OC2CC3(CC(NC(=O)c4cnn5cc(N6CC7(COC7)C6)ccc45)C3)C2)n1. The molecule has 0 radical (unpaired) electrons. The van der Waals surface area contributed by atoms with E-state index in [1.54, 1.807) is 24.0 Å². The monoisotopic (exact) mass is 491 g/mol. The summed E-state index contributed by atoms with van der Waals surface area (Å²) < 4.78 is 14.6. The van der Waals surface area contributed by atoms with Crippen molar-refractivity contribution in [2.24, 2.45) is 23.6 Å². The van der Waals surface area contributed by atoms with Gasteiger partial charge in [0.05, 0.1) is 47.8 Å². The number of nitrogens with zero attached hydrogens (tertiary/aromatic N) is 5. The summed E-state index contributed by atoms with van der Waals surface area (Å²) in [5, 5.41) is 11.8. The topological polar surface area (TPSA) is 129 Å². The van der Waals surface area contributed by atoms with Crippen LogP contribution in [0.15, 0.2) is 30.7 Å². The molecule has 3 N–H and O–H groups in total. The number of primary amides is 1. The minimum atomic E-state index is -0.542. The number of amides is 2. The molecule has 3 aromatic heterocycles. The molecular weight excluding hydrogens is 462 g/mol. The highest BCUT2D eigenvalue weighted by Crippen LogP contribution is 2.56. The molecule has 7 rings (SSSR count). The molecule has 4 fully saturated rings. The number of pyridine rings is 1. The van der Waals surface area contributed by atoms with Gasteiger partial charge in [0.25, 0.3) is 11.8 Å². The third-order valence-corrected chi connectivity index (χ3v) is 8.33. The van der Waals surface area contributed by atoms with Crippen LogP contribution in [0.25, 0.3) is 5.52 Å². The Bertz CT molecular complexity index is 1370. The molecule has 5 heterocycles. The third-order valence-electron chi connectivity index (χ3n) is 8.33. The van der Waals surface area contributed by atoms with E-state index in [9.17, 15) is 9.59 Å². The number of aryl methyl sites for hydroxylation is 1. The van der Waals surface area contributed by atoms with Crippen LogP contribution in [-0.4, -0.2) is 69.7 Å². The Kier molecular flexibility index (Phi) is 4.48. The van der Waals surface area contributed by atoms with Gasteiger partial charge in [0, 0.05) is 32.4 Å². The van der Waals surface area contributed by atoms with Gasteiger partial charge in [-0.1, -0.05) is 0 Å². The lowest BCUT2D eigenvalue weighted by molar-refractivity contribution is -0.127. The number of carbonyl (C=O) groups excluding carboxylic acids is 2. The molecule has 2 spiro atoms. The lowest BCUT2D eigenvalue weighted by Gasteiger charge is -2.57. The van der Waals surface area contributed by atoms with Crippen LogP contribution in [0, 0.1) is 10.8 Å². The molecule has 3 aromatic rings. The second kappa shape index (κ2) is 7.45. The van der Waals surface area contributed by atoms with Crippen molar-refractivity contribution in [3.05, 3.63) is 41.9 Å². The minimum Gasteiger partial charge on any atom is -0.473 e. The van der Waals surface area contributed by atoms with Gasteiger partial charge in [-0.15, -0.1) is 5.10 Å². The van der Waals surface area contributed by atoms with Crippen LogP contribution >= 0.6 is 0 Å². The van der Waals surface area contributed by atoms with Gasteiger partial charge in [-0.2, -0.15) is 5.10 Å². The average Bonchev–Trinajstić information content (AvgIpc) is 3.31. The molecular formula is C25H29N7O4. The third kappa shape index (κ3) is 3.36. The largest absolute Gasteiger partial charge is 0.473 e. The Morgan fingerprint density at radius 2 is 1.89 bits per heavy atom. The Balaban J connectivity index is 0.929. The molecule has 0 unspecified atom stereocenters. The number of carbonyl (C=O) groups is 2. The maximum absolute atomic E-state index is 13.0. The van der Waals surface area contributed by atoms with E-state index in [2.05, 4.69) is 26.5 Å². The Morgan fingerprint density at radius 1 is 1.11 bits per heavy atom. The van der Waals surface area contributed by atoms with Crippen molar-refractivity contribution in [2.45, 2.75) is 37.8 Å². The lowest BCUT2D eigenvalue weighted by atomic mass is 9.53. The van der Waals surface area contributed by atoms with Gasteiger partial charge in [0.15, 0.2) is 0 Å². The minimum absolute atomic E-state index is 0.0153. The number of nitrogens with one attached hydrogen (secondary N) is 1. The van der Waals surface area contributed by atoms with Crippen LogP contribution in [0.2, 0.25) is 0 Å². The van der Waals surface area contributed by atoms with Crippen molar-refractivity contribution in [3.63, 3.8) is 0 Å². The number of hydrogen-bond acceptors (Lipinski definition) is 7. The van der Waals surface area contributed by atoms with Crippen molar-refractivity contribution in [3.8, 4) is 5.88 Å². The van der Waals surface area contributed by atoms with Crippen LogP contribution in [0.4, 0.5) is 5.69 Å². The first-order valence-electron chi connectivity index (χ1n) is 12.4. The first-order chi connectivity index (χ1) is 17.3. The van der Waals surface area contributed by atoms with Gasteiger partial charge in [-0.25, -0.2) is 4.52 Å². The highest BCUT2D eigenvalue weighted by atomic mass is 16.5. The molecule has 0 bridgehead atoms. The fourth-order valence-electron chi connectivity index (χ4n) is 6.41. The van der Waals surface area contributed by atoms with Crippen LogP contribution in [0.1, 0.15) is 46.4 Å².